The molecule has 1 N–H and O–H groups in total. The molecular weight excluding hydrogens is 404 g/mol. The zero-order chi connectivity index (χ0) is 22.2. The van der Waals surface area contributed by atoms with Crippen LogP contribution < -0.4 is 19.5 Å². The smallest absolute Gasteiger partial charge is 0.231 e. The van der Waals surface area contributed by atoms with Gasteiger partial charge in [-0.15, -0.1) is 0 Å². The first-order valence-electron chi connectivity index (χ1n) is 11.3. The van der Waals surface area contributed by atoms with E-state index in [4.69, 9.17) is 9.47 Å². The zero-order valence-electron chi connectivity index (χ0n) is 18.5. The second-order valence-electron chi connectivity index (χ2n) is 8.66. The third-order valence-electron chi connectivity index (χ3n) is 6.65. The normalized spacial score (nSPS) is 22.2. The molecule has 32 heavy (non-hydrogen) atoms. The number of ether oxygens (including phenoxy) is 2. The lowest BCUT2D eigenvalue weighted by Gasteiger charge is -2.32. The lowest BCUT2D eigenvalue weighted by Crippen LogP contribution is -3.13. The van der Waals surface area contributed by atoms with Crippen LogP contribution in [0.1, 0.15) is 35.3 Å². The lowest BCUT2D eigenvalue weighted by atomic mass is 10.0. The molecular formula is C26H28N2O4. The SMILES string of the molecule is CCN1CC[NH+](Cc2c([O-])ccc3c2O/C(=C\C2=Cc4ccccc4OC2C)C3=O)CC1. The quantitative estimate of drug-likeness (QED) is 0.747. The van der Waals surface area contributed by atoms with E-state index in [1.54, 1.807) is 12.1 Å². The molecule has 0 aliphatic carbocycles. The molecule has 0 spiro atoms. The standard InChI is InChI=1S/C26H28N2O4/c1-3-27-10-12-28(13-11-27)16-21-22(29)9-8-20-25(30)24(32-26(20)21)15-19-14-18-6-4-5-7-23(18)31-17(19)2/h4-9,14-15,17,29H,3,10-13,16H2,1-2H3/b24-15-. The van der Waals surface area contributed by atoms with Gasteiger partial charge in [-0.2, -0.15) is 0 Å². The van der Waals surface area contributed by atoms with E-state index in [-0.39, 0.29) is 23.4 Å². The van der Waals surface area contributed by atoms with Crippen molar-refractivity contribution in [1.29, 1.82) is 0 Å². The van der Waals surface area contributed by atoms with Crippen molar-refractivity contribution >= 4 is 11.9 Å². The molecule has 0 amide bonds. The van der Waals surface area contributed by atoms with Crippen LogP contribution >= 0.6 is 0 Å². The number of carbonyl (C=O) groups is 1. The first-order chi connectivity index (χ1) is 15.5. The second kappa shape index (κ2) is 8.45. The molecule has 1 saturated heterocycles. The summed E-state index contributed by atoms with van der Waals surface area (Å²) < 4.78 is 12.0. The Morgan fingerprint density at radius 2 is 1.97 bits per heavy atom. The van der Waals surface area contributed by atoms with E-state index in [2.05, 4.69) is 11.8 Å². The van der Waals surface area contributed by atoms with Gasteiger partial charge in [-0.3, -0.25) is 9.69 Å². The number of nitrogens with zero attached hydrogens (tertiary/aromatic N) is 1. The summed E-state index contributed by atoms with van der Waals surface area (Å²) in [4.78, 5) is 16.8. The van der Waals surface area contributed by atoms with Crippen molar-refractivity contribution in [2.24, 2.45) is 0 Å². The second-order valence-corrected chi connectivity index (χ2v) is 8.66. The minimum absolute atomic E-state index is 0.0641. The van der Waals surface area contributed by atoms with Gasteiger partial charge in [-0.25, -0.2) is 0 Å². The van der Waals surface area contributed by atoms with Gasteiger partial charge in [0.1, 0.15) is 24.1 Å². The Bertz CT molecular complexity index is 1110. The molecule has 0 aromatic heterocycles. The third kappa shape index (κ3) is 3.80. The molecule has 6 heteroatoms. The first kappa shape index (κ1) is 20.8. The maximum atomic E-state index is 13.1. The van der Waals surface area contributed by atoms with E-state index in [0.717, 1.165) is 49.6 Å². The van der Waals surface area contributed by atoms with Gasteiger partial charge in [-0.1, -0.05) is 36.9 Å². The minimum Gasteiger partial charge on any atom is -0.872 e. The topological polar surface area (TPSA) is 66.3 Å². The molecule has 5 rings (SSSR count). The largest absolute Gasteiger partial charge is 0.872 e. The Labute approximate surface area is 188 Å². The van der Waals surface area contributed by atoms with E-state index in [1.165, 1.54) is 11.0 Å². The van der Waals surface area contributed by atoms with Crippen molar-refractivity contribution < 1.29 is 24.3 Å². The van der Waals surface area contributed by atoms with Gasteiger partial charge in [0.15, 0.2) is 5.76 Å². The number of para-hydroxylation sites is 1. The maximum Gasteiger partial charge on any atom is 0.231 e. The summed E-state index contributed by atoms with van der Waals surface area (Å²) >= 11 is 0. The number of ketones is 1. The van der Waals surface area contributed by atoms with Crippen molar-refractivity contribution in [1.82, 2.24) is 4.90 Å². The highest BCUT2D eigenvalue weighted by molar-refractivity contribution is 6.13. The van der Waals surface area contributed by atoms with Gasteiger partial charge in [0, 0.05) is 24.2 Å². The van der Waals surface area contributed by atoms with Gasteiger partial charge < -0.3 is 19.5 Å². The van der Waals surface area contributed by atoms with Crippen LogP contribution in [-0.4, -0.2) is 49.5 Å². The summed E-state index contributed by atoms with van der Waals surface area (Å²) in [7, 11) is 0. The number of fused-ring (bicyclic) bond motifs is 2. The fraction of sp³-hybridized carbons (Fsp3) is 0.346. The predicted octanol–water partition coefficient (Wildman–Crippen LogP) is 1.80. The third-order valence-corrected chi connectivity index (χ3v) is 6.65. The molecule has 0 radical (unpaired) electrons. The number of rotatable bonds is 4. The Morgan fingerprint density at radius 1 is 1.19 bits per heavy atom. The number of hydrogen-bond acceptors (Lipinski definition) is 5. The van der Waals surface area contributed by atoms with Gasteiger partial charge in [0.25, 0.3) is 0 Å². The number of likely N-dealkylation sites (N-methyl/N-ethyl adjacent to an activating group) is 1. The van der Waals surface area contributed by atoms with E-state index in [1.807, 2.05) is 37.3 Å². The fourth-order valence-electron chi connectivity index (χ4n) is 4.64. The van der Waals surface area contributed by atoms with Crippen LogP contribution in [0.15, 0.2) is 53.8 Å². The van der Waals surface area contributed by atoms with Crippen LogP contribution in [0, 0.1) is 0 Å². The highest BCUT2D eigenvalue weighted by Crippen LogP contribution is 2.39. The number of hydrogen-bond donors (Lipinski definition) is 1. The number of benzene rings is 2. The van der Waals surface area contributed by atoms with Gasteiger partial charge in [0.05, 0.1) is 18.7 Å². The van der Waals surface area contributed by atoms with Crippen LogP contribution in [0.3, 0.4) is 0 Å². The average Bonchev–Trinajstić information content (AvgIpc) is 3.12. The molecule has 1 atom stereocenters. The number of piperazine rings is 1. The molecule has 3 aliphatic heterocycles. The first-order valence-corrected chi connectivity index (χ1v) is 11.3. The molecule has 3 aliphatic rings. The van der Waals surface area contributed by atoms with Crippen LogP contribution in [0.2, 0.25) is 0 Å². The Morgan fingerprint density at radius 3 is 2.75 bits per heavy atom. The van der Waals surface area contributed by atoms with E-state index < -0.39 is 0 Å². The number of allylic oxidation sites excluding steroid dienone is 1. The van der Waals surface area contributed by atoms with Crippen LogP contribution in [-0.2, 0) is 6.54 Å². The number of nitrogens with one attached hydrogen (secondary N) is 1. The lowest BCUT2D eigenvalue weighted by molar-refractivity contribution is -0.918. The number of carbonyl (C=O) groups excluding carboxylic acids is 1. The Hall–Kier alpha value is -3.09. The van der Waals surface area contributed by atoms with Gasteiger partial charge in [0.2, 0.25) is 5.78 Å². The van der Waals surface area contributed by atoms with Crippen LogP contribution in [0.4, 0.5) is 0 Å². The zero-order valence-corrected chi connectivity index (χ0v) is 18.5. The summed E-state index contributed by atoms with van der Waals surface area (Å²) in [6.45, 7) is 9.76. The maximum absolute atomic E-state index is 13.1. The highest BCUT2D eigenvalue weighted by atomic mass is 16.5. The molecule has 2 aromatic rings. The van der Waals surface area contributed by atoms with Gasteiger partial charge >= 0.3 is 0 Å². The van der Waals surface area contributed by atoms with Crippen molar-refractivity contribution in [3.05, 3.63) is 70.5 Å². The predicted molar refractivity (Wildman–Crippen MR) is 120 cm³/mol. The molecule has 1 fully saturated rings. The van der Waals surface area contributed by atoms with Gasteiger partial charge in [-0.05, 0) is 43.3 Å². The summed E-state index contributed by atoms with van der Waals surface area (Å²) in [5, 5.41) is 12.7. The van der Waals surface area contributed by atoms with Crippen molar-refractivity contribution in [3.63, 3.8) is 0 Å². The molecule has 1 unspecified atom stereocenters. The summed E-state index contributed by atoms with van der Waals surface area (Å²) in [5.74, 6) is 1.27. The molecule has 3 heterocycles. The molecule has 166 valence electrons. The molecule has 2 aromatic carbocycles. The number of Topliss-reactive ketones (excluding diaryl/α,β-unsaturated/α-hetero) is 1. The molecule has 6 nitrogen and oxygen atoms in total. The van der Waals surface area contributed by atoms with E-state index in [0.29, 0.717) is 23.4 Å². The van der Waals surface area contributed by atoms with Crippen LogP contribution in [0.5, 0.6) is 17.2 Å². The number of quaternary nitrogens is 1. The Kier molecular flexibility index (Phi) is 5.49. The Balaban J connectivity index is 1.41. The summed E-state index contributed by atoms with van der Waals surface area (Å²) in [5.41, 5.74) is 2.91. The average molecular weight is 433 g/mol. The van der Waals surface area contributed by atoms with Crippen molar-refractivity contribution in [2.75, 3.05) is 32.7 Å². The van der Waals surface area contributed by atoms with E-state index >= 15 is 0 Å². The van der Waals surface area contributed by atoms with Crippen molar-refractivity contribution in [2.45, 2.75) is 26.5 Å². The summed E-state index contributed by atoms with van der Waals surface area (Å²) in [6.07, 6.45) is 3.57. The summed E-state index contributed by atoms with van der Waals surface area (Å²) in [6, 6.07) is 10.9. The highest BCUT2D eigenvalue weighted by Gasteiger charge is 2.32. The van der Waals surface area contributed by atoms with Crippen molar-refractivity contribution in [3.8, 4) is 17.2 Å². The molecule has 0 saturated carbocycles. The van der Waals surface area contributed by atoms with Crippen LogP contribution in [0.25, 0.3) is 6.08 Å². The minimum atomic E-state index is -0.202. The molecule has 0 bridgehead atoms. The monoisotopic (exact) mass is 432 g/mol. The van der Waals surface area contributed by atoms with E-state index in [9.17, 15) is 9.90 Å². The fourth-order valence-corrected chi connectivity index (χ4v) is 4.64.